The van der Waals surface area contributed by atoms with Gasteiger partial charge in [0, 0.05) is 24.1 Å². The normalized spacial score (nSPS) is 13.6. The van der Waals surface area contributed by atoms with Crippen LogP contribution in [0, 0.1) is 0 Å². The number of anilines is 1. The Bertz CT molecular complexity index is 766. The van der Waals surface area contributed by atoms with Gasteiger partial charge in [0.25, 0.3) is 5.91 Å². The first-order valence-electron chi connectivity index (χ1n) is 7.85. The lowest BCUT2D eigenvalue weighted by molar-refractivity contribution is -0.124. The highest BCUT2D eigenvalue weighted by Gasteiger charge is 2.23. The van der Waals surface area contributed by atoms with Crippen LogP contribution in [0.15, 0.2) is 36.8 Å². The Morgan fingerprint density at radius 3 is 2.76 bits per heavy atom. The fourth-order valence-electron chi connectivity index (χ4n) is 2.26. The molecule has 1 atom stereocenters. The minimum absolute atomic E-state index is 0.0491. The van der Waals surface area contributed by atoms with E-state index in [9.17, 15) is 9.59 Å². The zero-order chi connectivity index (χ0) is 17.6. The van der Waals surface area contributed by atoms with Gasteiger partial charge in [0.1, 0.15) is 13.2 Å². The van der Waals surface area contributed by atoms with Gasteiger partial charge in [-0.1, -0.05) is 6.92 Å². The van der Waals surface area contributed by atoms with Crippen LogP contribution in [0.4, 0.5) is 5.69 Å². The van der Waals surface area contributed by atoms with Crippen molar-refractivity contribution in [1.29, 1.82) is 0 Å². The van der Waals surface area contributed by atoms with Crippen molar-refractivity contribution in [2.24, 2.45) is 0 Å². The molecule has 8 heteroatoms. The molecule has 1 aliphatic heterocycles. The molecule has 2 heterocycles. The summed E-state index contributed by atoms with van der Waals surface area (Å²) in [5, 5.41) is 2.71. The second-order valence-corrected chi connectivity index (χ2v) is 5.24. The first kappa shape index (κ1) is 16.7. The van der Waals surface area contributed by atoms with Crippen LogP contribution in [-0.4, -0.2) is 41.2 Å². The molecule has 130 valence electrons. The summed E-state index contributed by atoms with van der Waals surface area (Å²) in [6, 6.07) is 5.09. The second-order valence-electron chi connectivity index (χ2n) is 5.24. The minimum atomic E-state index is -0.942. The number of benzene rings is 1. The maximum atomic E-state index is 12.4. The van der Waals surface area contributed by atoms with Crippen molar-refractivity contribution in [1.82, 2.24) is 9.97 Å². The fraction of sp³-hybridized carbons (Fsp3) is 0.294. The third-order valence-electron chi connectivity index (χ3n) is 3.49. The Balaban J connectivity index is 1.65. The molecule has 0 saturated heterocycles. The van der Waals surface area contributed by atoms with Crippen LogP contribution in [0.25, 0.3) is 0 Å². The molecule has 0 spiro atoms. The molecule has 1 amide bonds. The molecule has 25 heavy (non-hydrogen) atoms. The monoisotopic (exact) mass is 343 g/mol. The van der Waals surface area contributed by atoms with E-state index in [-0.39, 0.29) is 5.69 Å². The number of rotatable bonds is 5. The molecule has 1 N–H and O–H groups in total. The highest BCUT2D eigenvalue weighted by Crippen LogP contribution is 2.32. The van der Waals surface area contributed by atoms with Crippen LogP contribution in [-0.2, 0) is 9.53 Å². The van der Waals surface area contributed by atoms with Gasteiger partial charge in [-0.2, -0.15) is 0 Å². The zero-order valence-corrected chi connectivity index (χ0v) is 13.6. The smallest absolute Gasteiger partial charge is 0.359 e. The van der Waals surface area contributed by atoms with Crippen molar-refractivity contribution < 1.29 is 23.8 Å². The SMILES string of the molecule is CCC(OC(=O)c1cnccn1)C(=O)Nc1ccc2c(c1)OCCO2. The maximum absolute atomic E-state index is 12.4. The Labute approximate surface area is 144 Å². The van der Waals surface area contributed by atoms with E-state index in [1.165, 1.54) is 18.6 Å². The number of esters is 1. The van der Waals surface area contributed by atoms with E-state index in [0.29, 0.717) is 36.8 Å². The van der Waals surface area contributed by atoms with Crippen LogP contribution >= 0.6 is 0 Å². The van der Waals surface area contributed by atoms with Crippen LogP contribution in [0.2, 0.25) is 0 Å². The minimum Gasteiger partial charge on any atom is -0.486 e. The number of amides is 1. The molecule has 3 rings (SSSR count). The molecule has 0 bridgehead atoms. The van der Waals surface area contributed by atoms with Crippen LogP contribution < -0.4 is 14.8 Å². The molecular formula is C17H17N3O5. The predicted molar refractivity (Wildman–Crippen MR) is 87.6 cm³/mol. The summed E-state index contributed by atoms with van der Waals surface area (Å²) in [5.74, 6) is 0.0627. The van der Waals surface area contributed by atoms with E-state index >= 15 is 0 Å². The average molecular weight is 343 g/mol. The Hall–Kier alpha value is -3.16. The summed E-state index contributed by atoms with van der Waals surface area (Å²) in [7, 11) is 0. The fourth-order valence-corrected chi connectivity index (χ4v) is 2.26. The van der Waals surface area contributed by atoms with Gasteiger partial charge in [0.15, 0.2) is 23.3 Å². The number of hydrogen-bond acceptors (Lipinski definition) is 7. The number of ether oxygens (including phenoxy) is 3. The molecule has 1 unspecified atom stereocenters. The van der Waals surface area contributed by atoms with Crippen molar-refractivity contribution in [3.05, 3.63) is 42.5 Å². The number of fused-ring (bicyclic) bond motifs is 1. The van der Waals surface area contributed by atoms with Crippen LogP contribution in [0.1, 0.15) is 23.8 Å². The summed E-state index contributed by atoms with van der Waals surface area (Å²) in [5.41, 5.74) is 0.580. The number of nitrogens with zero attached hydrogens (tertiary/aromatic N) is 2. The van der Waals surface area contributed by atoms with Crippen molar-refractivity contribution >= 4 is 17.6 Å². The van der Waals surface area contributed by atoms with E-state index in [0.717, 1.165) is 0 Å². The van der Waals surface area contributed by atoms with E-state index in [1.54, 1.807) is 25.1 Å². The summed E-state index contributed by atoms with van der Waals surface area (Å²) < 4.78 is 16.1. The van der Waals surface area contributed by atoms with E-state index < -0.39 is 18.0 Å². The quantitative estimate of drug-likeness (QED) is 0.827. The number of hydrogen-bond donors (Lipinski definition) is 1. The highest BCUT2D eigenvalue weighted by atomic mass is 16.6. The van der Waals surface area contributed by atoms with Gasteiger partial charge in [-0.15, -0.1) is 0 Å². The number of aromatic nitrogens is 2. The molecule has 2 aromatic rings. The summed E-state index contributed by atoms with van der Waals surface area (Å²) in [6.07, 6.45) is 3.49. The summed E-state index contributed by atoms with van der Waals surface area (Å²) in [6.45, 7) is 2.70. The van der Waals surface area contributed by atoms with Gasteiger partial charge in [0.2, 0.25) is 0 Å². The van der Waals surface area contributed by atoms with Gasteiger partial charge in [0.05, 0.1) is 6.20 Å². The third-order valence-corrected chi connectivity index (χ3v) is 3.49. The lowest BCUT2D eigenvalue weighted by atomic mass is 10.2. The molecule has 0 aliphatic carbocycles. The molecule has 1 aliphatic rings. The second kappa shape index (κ2) is 7.61. The number of carbonyl (C=O) groups excluding carboxylic acids is 2. The van der Waals surface area contributed by atoms with Crippen molar-refractivity contribution in [3.8, 4) is 11.5 Å². The molecular weight excluding hydrogens is 326 g/mol. The molecule has 1 aromatic carbocycles. The Kier molecular flexibility index (Phi) is 5.08. The maximum Gasteiger partial charge on any atom is 0.359 e. The first-order valence-corrected chi connectivity index (χ1v) is 7.85. The molecule has 8 nitrogen and oxygen atoms in total. The molecule has 0 radical (unpaired) electrons. The topological polar surface area (TPSA) is 99.6 Å². The molecule has 0 saturated carbocycles. The lowest BCUT2D eigenvalue weighted by Crippen LogP contribution is -2.32. The molecule has 1 aromatic heterocycles. The van der Waals surface area contributed by atoms with Crippen LogP contribution in [0.5, 0.6) is 11.5 Å². The van der Waals surface area contributed by atoms with Gasteiger partial charge in [-0.3, -0.25) is 9.78 Å². The average Bonchev–Trinajstić information content (AvgIpc) is 2.66. The Morgan fingerprint density at radius 1 is 1.24 bits per heavy atom. The van der Waals surface area contributed by atoms with Gasteiger partial charge in [-0.05, 0) is 18.6 Å². The predicted octanol–water partition coefficient (Wildman–Crippen LogP) is 1.82. The van der Waals surface area contributed by atoms with E-state index in [4.69, 9.17) is 14.2 Å². The standard InChI is InChI=1S/C17H17N3O5/c1-2-13(25-17(22)12-10-18-5-6-19-12)16(21)20-11-3-4-14-15(9-11)24-8-7-23-14/h3-6,9-10,13H,2,7-8H2,1H3,(H,20,21). The lowest BCUT2D eigenvalue weighted by Gasteiger charge is -2.20. The summed E-state index contributed by atoms with van der Waals surface area (Å²) in [4.78, 5) is 32.1. The molecule has 0 fully saturated rings. The van der Waals surface area contributed by atoms with Crippen molar-refractivity contribution in [2.75, 3.05) is 18.5 Å². The van der Waals surface area contributed by atoms with Crippen molar-refractivity contribution in [2.45, 2.75) is 19.4 Å². The van der Waals surface area contributed by atoms with Crippen LogP contribution in [0.3, 0.4) is 0 Å². The van der Waals surface area contributed by atoms with Crippen molar-refractivity contribution in [3.63, 3.8) is 0 Å². The number of carbonyl (C=O) groups is 2. The van der Waals surface area contributed by atoms with Gasteiger partial charge in [-0.25, -0.2) is 9.78 Å². The van der Waals surface area contributed by atoms with E-state index in [1.807, 2.05) is 0 Å². The Morgan fingerprint density at radius 2 is 2.04 bits per heavy atom. The zero-order valence-electron chi connectivity index (χ0n) is 13.6. The third kappa shape index (κ3) is 4.03. The van der Waals surface area contributed by atoms with Gasteiger partial charge >= 0.3 is 5.97 Å². The van der Waals surface area contributed by atoms with E-state index in [2.05, 4.69) is 15.3 Å². The number of nitrogens with one attached hydrogen (secondary N) is 1. The largest absolute Gasteiger partial charge is 0.486 e. The highest BCUT2D eigenvalue weighted by molar-refractivity contribution is 5.97. The van der Waals surface area contributed by atoms with Gasteiger partial charge < -0.3 is 19.5 Å². The first-order chi connectivity index (χ1) is 12.2. The summed E-state index contributed by atoms with van der Waals surface area (Å²) >= 11 is 0.